The lowest BCUT2D eigenvalue weighted by molar-refractivity contribution is 0.00544. The number of ether oxygens (including phenoxy) is 2. The van der Waals surface area contributed by atoms with E-state index in [1.165, 1.54) is 11.1 Å². The molecule has 6 heterocycles. The number of hydrogen-bond acceptors (Lipinski definition) is 6. The summed E-state index contributed by atoms with van der Waals surface area (Å²) in [5.74, 6) is 0.0278. The molecule has 0 N–H and O–H groups in total. The molecule has 0 saturated carbocycles. The molecule has 40 heavy (non-hydrogen) atoms. The first kappa shape index (κ1) is 26.0. The van der Waals surface area contributed by atoms with Crippen molar-refractivity contribution in [3.8, 4) is 0 Å². The Balaban J connectivity index is 1.03. The van der Waals surface area contributed by atoms with E-state index in [0.29, 0.717) is 31.5 Å². The highest BCUT2D eigenvalue weighted by atomic mass is 16.6. The molecule has 4 saturated heterocycles. The minimum atomic E-state index is -0.134. The third-order valence-electron chi connectivity index (χ3n) is 10.4. The van der Waals surface area contributed by atoms with Crippen LogP contribution < -0.4 is 0 Å². The molecule has 3 atom stereocenters. The van der Waals surface area contributed by atoms with Crippen LogP contribution in [0.2, 0.25) is 0 Å². The minimum Gasteiger partial charge on any atom is -0.444 e. The van der Waals surface area contributed by atoms with Crippen molar-refractivity contribution < 1.29 is 19.1 Å². The van der Waals surface area contributed by atoms with E-state index in [2.05, 4.69) is 39.2 Å². The number of fused-ring (bicyclic) bond motifs is 4. The van der Waals surface area contributed by atoms with Crippen LogP contribution in [0.3, 0.4) is 0 Å². The molecule has 1 aromatic heterocycles. The number of aromatic nitrogens is 2. The van der Waals surface area contributed by atoms with Crippen molar-refractivity contribution in [1.82, 2.24) is 24.5 Å². The number of piperidine rings is 2. The van der Waals surface area contributed by atoms with Crippen molar-refractivity contribution in [2.45, 2.75) is 88.1 Å². The Morgan fingerprint density at radius 3 is 2.48 bits per heavy atom. The molecule has 4 fully saturated rings. The van der Waals surface area contributed by atoms with E-state index in [0.717, 1.165) is 70.3 Å². The minimum absolute atomic E-state index is 0.0278. The average Bonchev–Trinajstić information content (AvgIpc) is 3.66. The summed E-state index contributed by atoms with van der Waals surface area (Å²) < 4.78 is 13.0. The van der Waals surface area contributed by atoms with Crippen LogP contribution in [0.5, 0.6) is 0 Å². The van der Waals surface area contributed by atoms with Gasteiger partial charge in [0.2, 0.25) is 0 Å². The number of rotatable bonds is 3. The van der Waals surface area contributed by atoms with Gasteiger partial charge in [-0.1, -0.05) is 24.3 Å². The van der Waals surface area contributed by atoms with Gasteiger partial charge in [0.1, 0.15) is 6.10 Å². The predicted molar refractivity (Wildman–Crippen MR) is 149 cm³/mol. The third-order valence-corrected chi connectivity index (χ3v) is 10.4. The topological polar surface area (TPSA) is 80.1 Å². The Morgan fingerprint density at radius 2 is 1.80 bits per heavy atom. The SMILES string of the molecule is Cc1cc(C(=O)N2Cc3ccccc3C3(CCN(C4CC5CCC(C4)N5C(=O)OC4CCOC4)CC3)C2)nn1C. The van der Waals surface area contributed by atoms with E-state index in [9.17, 15) is 9.59 Å². The number of aryl methyl sites for hydroxylation is 2. The van der Waals surface area contributed by atoms with Gasteiger partial charge in [0.05, 0.1) is 13.2 Å². The van der Waals surface area contributed by atoms with Crippen LogP contribution in [0.25, 0.3) is 0 Å². The van der Waals surface area contributed by atoms with E-state index in [-0.39, 0.29) is 35.6 Å². The number of carbonyl (C=O) groups excluding carboxylic acids is 2. The number of hydrogen-bond donors (Lipinski definition) is 0. The van der Waals surface area contributed by atoms with Crippen LogP contribution in [0.1, 0.15) is 72.3 Å². The monoisotopic (exact) mass is 547 g/mol. The van der Waals surface area contributed by atoms with Crippen molar-refractivity contribution in [2.75, 3.05) is 32.8 Å². The van der Waals surface area contributed by atoms with Crippen LogP contribution in [-0.2, 0) is 28.5 Å². The van der Waals surface area contributed by atoms with E-state index < -0.39 is 0 Å². The van der Waals surface area contributed by atoms with E-state index in [1.807, 2.05) is 24.9 Å². The number of carbonyl (C=O) groups is 2. The number of benzene rings is 1. The lowest BCUT2D eigenvalue weighted by atomic mass is 9.68. The highest BCUT2D eigenvalue weighted by Gasteiger charge is 2.49. The van der Waals surface area contributed by atoms with E-state index in [4.69, 9.17) is 9.47 Å². The van der Waals surface area contributed by atoms with Gasteiger partial charge in [0.15, 0.2) is 5.69 Å². The molecule has 5 aliphatic rings. The summed E-state index contributed by atoms with van der Waals surface area (Å²) in [4.78, 5) is 33.4. The summed E-state index contributed by atoms with van der Waals surface area (Å²) >= 11 is 0. The molecule has 7 rings (SSSR count). The molecule has 1 aromatic carbocycles. The molecule has 2 amide bonds. The smallest absolute Gasteiger partial charge is 0.410 e. The summed E-state index contributed by atoms with van der Waals surface area (Å²) in [5, 5.41) is 4.49. The van der Waals surface area contributed by atoms with Crippen LogP contribution >= 0.6 is 0 Å². The zero-order valence-electron chi connectivity index (χ0n) is 23.8. The Morgan fingerprint density at radius 1 is 1.05 bits per heavy atom. The molecule has 214 valence electrons. The maximum Gasteiger partial charge on any atom is 0.410 e. The van der Waals surface area contributed by atoms with Gasteiger partial charge in [-0.3, -0.25) is 9.48 Å². The van der Waals surface area contributed by atoms with Gasteiger partial charge >= 0.3 is 6.09 Å². The van der Waals surface area contributed by atoms with Gasteiger partial charge in [0, 0.05) is 55.8 Å². The second-order valence-electron chi connectivity index (χ2n) is 12.7. The largest absolute Gasteiger partial charge is 0.444 e. The second kappa shape index (κ2) is 10.2. The predicted octanol–water partition coefficient (Wildman–Crippen LogP) is 3.64. The van der Waals surface area contributed by atoms with Gasteiger partial charge in [0.25, 0.3) is 5.91 Å². The summed E-state index contributed by atoms with van der Waals surface area (Å²) in [6, 6.07) is 11.7. The molecular formula is C31H41N5O4. The van der Waals surface area contributed by atoms with Gasteiger partial charge < -0.3 is 24.2 Å². The van der Waals surface area contributed by atoms with Crippen molar-refractivity contribution in [3.05, 3.63) is 52.8 Å². The molecule has 0 aliphatic carbocycles. The number of nitrogens with zero attached hydrogens (tertiary/aromatic N) is 5. The maximum atomic E-state index is 13.6. The zero-order chi connectivity index (χ0) is 27.4. The van der Waals surface area contributed by atoms with Gasteiger partial charge in [-0.25, -0.2) is 4.79 Å². The van der Waals surface area contributed by atoms with Crippen molar-refractivity contribution in [3.63, 3.8) is 0 Å². The first-order valence-electron chi connectivity index (χ1n) is 15.1. The molecule has 9 nitrogen and oxygen atoms in total. The Kier molecular flexibility index (Phi) is 6.62. The molecular weight excluding hydrogens is 506 g/mol. The second-order valence-corrected chi connectivity index (χ2v) is 12.7. The van der Waals surface area contributed by atoms with Crippen LogP contribution in [0, 0.1) is 6.92 Å². The highest BCUT2D eigenvalue weighted by Crippen LogP contribution is 2.45. The van der Waals surface area contributed by atoms with E-state index >= 15 is 0 Å². The fraction of sp³-hybridized carbons (Fsp3) is 0.645. The molecule has 2 bridgehead atoms. The molecule has 5 aliphatic heterocycles. The van der Waals surface area contributed by atoms with Crippen LogP contribution in [0.4, 0.5) is 4.79 Å². The van der Waals surface area contributed by atoms with Crippen LogP contribution in [-0.4, -0.2) is 93.6 Å². The number of amides is 2. The number of likely N-dealkylation sites (tertiary alicyclic amines) is 1. The standard InChI is InChI=1S/C31H41N5O4/c1-21-15-28(32-33(21)2)29(37)35-18-22-5-3-4-6-27(22)31(20-35)10-12-34(13-11-31)25-16-23-7-8-24(17-25)36(23)30(38)40-26-9-14-39-19-26/h3-6,15,23-26H,7-14,16-20H2,1-2H3. The van der Waals surface area contributed by atoms with Crippen LogP contribution in [0.15, 0.2) is 30.3 Å². The van der Waals surface area contributed by atoms with Gasteiger partial charge in [-0.15, -0.1) is 0 Å². The first-order chi connectivity index (χ1) is 19.4. The molecule has 3 unspecified atom stereocenters. The first-order valence-corrected chi connectivity index (χ1v) is 15.1. The molecule has 2 aromatic rings. The average molecular weight is 548 g/mol. The fourth-order valence-electron chi connectivity index (χ4n) is 8.16. The fourth-order valence-corrected chi connectivity index (χ4v) is 8.16. The van der Waals surface area contributed by atoms with Crippen molar-refractivity contribution in [1.29, 1.82) is 0 Å². The van der Waals surface area contributed by atoms with Crippen molar-refractivity contribution in [2.24, 2.45) is 7.05 Å². The quantitative estimate of drug-likeness (QED) is 0.584. The zero-order valence-corrected chi connectivity index (χ0v) is 23.8. The lowest BCUT2D eigenvalue weighted by Gasteiger charge is -2.51. The van der Waals surface area contributed by atoms with Gasteiger partial charge in [-0.05, 0) is 75.7 Å². The summed E-state index contributed by atoms with van der Waals surface area (Å²) in [6.07, 6.45) is 6.86. The Labute approximate surface area is 236 Å². The summed E-state index contributed by atoms with van der Waals surface area (Å²) in [6.45, 7) is 6.62. The Bertz CT molecular complexity index is 1240. The third kappa shape index (κ3) is 4.51. The van der Waals surface area contributed by atoms with Crippen molar-refractivity contribution >= 4 is 12.0 Å². The van der Waals surface area contributed by atoms with E-state index in [1.54, 1.807) is 4.68 Å². The maximum absolute atomic E-state index is 13.6. The normalized spacial score (nSPS) is 29.6. The highest BCUT2D eigenvalue weighted by molar-refractivity contribution is 5.92. The molecule has 9 heteroatoms. The summed E-state index contributed by atoms with van der Waals surface area (Å²) in [5.41, 5.74) is 4.18. The molecule has 1 spiro atoms. The lowest BCUT2D eigenvalue weighted by Crippen LogP contribution is -2.57. The molecule has 0 radical (unpaired) electrons. The summed E-state index contributed by atoms with van der Waals surface area (Å²) in [7, 11) is 1.89. The Hall–Kier alpha value is -2.91. The van der Waals surface area contributed by atoms with Gasteiger partial charge in [-0.2, -0.15) is 5.10 Å².